The highest BCUT2D eigenvalue weighted by molar-refractivity contribution is 6.43. The Hall–Kier alpha value is -1.03. The second-order valence-corrected chi connectivity index (χ2v) is 5.23. The van der Waals surface area contributed by atoms with Gasteiger partial charge in [-0.1, -0.05) is 41.8 Å². The molecule has 0 unspecified atom stereocenters. The largest absolute Gasteiger partial charge is 0.342 e. The summed E-state index contributed by atoms with van der Waals surface area (Å²) in [4.78, 5) is 7.66. The molecule has 2 aromatic rings. The molecule has 0 atom stereocenters. The number of halogens is 2. The number of nitrogens with one attached hydrogen (secondary N) is 1. The quantitative estimate of drug-likeness (QED) is 0.790. The number of aromatic nitrogens is 2. The highest BCUT2D eigenvalue weighted by atomic mass is 35.5. The third-order valence-corrected chi connectivity index (χ3v) is 3.81. The van der Waals surface area contributed by atoms with Crippen molar-refractivity contribution in [1.82, 2.24) is 9.97 Å². The molecule has 1 heterocycles. The molecule has 0 fully saturated rings. The molecular formula is C14H17Cl2N3. The van der Waals surface area contributed by atoms with Crippen molar-refractivity contribution >= 4 is 23.2 Å². The lowest BCUT2D eigenvalue weighted by atomic mass is 10.1. The molecule has 102 valence electrons. The molecule has 19 heavy (non-hydrogen) atoms. The van der Waals surface area contributed by atoms with Crippen molar-refractivity contribution in [3.05, 3.63) is 40.3 Å². The lowest BCUT2D eigenvalue weighted by molar-refractivity contribution is 0.673. The van der Waals surface area contributed by atoms with E-state index in [0.29, 0.717) is 10.0 Å². The maximum Gasteiger partial charge on any atom is 0.106 e. The van der Waals surface area contributed by atoms with Gasteiger partial charge in [0.25, 0.3) is 0 Å². The Morgan fingerprint density at radius 1 is 1.16 bits per heavy atom. The van der Waals surface area contributed by atoms with Gasteiger partial charge in [0.2, 0.25) is 0 Å². The number of nitrogens with zero attached hydrogens (tertiary/aromatic N) is 1. The molecule has 0 aliphatic rings. The van der Waals surface area contributed by atoms with Gasteiger partial charge in [0.05, 0.1) is 21.9 Å². The lowest BCUT2D eigenvalue weighted by Gasteiger charge is -2.02. The molecule has 2 rings (SSSR count). The van der Waals surface area contributed by atoms with Crippen molar-refractivity contribution < 1.29 is 0 Å². The van der Waals surface area contributed by atoms with E-state index in [1.54, 1.807) is 12.3 Å². The number of H-pyrrole nitrogens is 1. The molecule has 0 spiro atoms. The van der Waals surface area contributed by atoms with Crippen LogP contribution in [0.4, 0.5) is 0 Å². The average Bonchev–Trinajstić information content (AvgIpc) is 2.87. The van der Waals surface area contributed by atoms with E-state index in [1.807, 2.05) is 12.1 Å². The van der Waals surface area contributed by atoms with Crippen LogP contribution in [-0.4, -0.2) is 16.5 Å². The summed E-state index contributed by atoms with van der Waals surface area (Å²) in [6.07, 6.45) is 6.01. The summed E-state index contributed by atoms with van der Waals surface area (Å²) in [5.74, 6) is 0.975. The van der Waals surface area contributed by atoms with E-state index in [0.717, 1.165) is 49.3 Å². The van der Waals surface area contributed by atoms with Crippen LogP contribution in [0.25, 0.3) is 11.3 Å². The number of benzene rings is 1. The van der Waals surface area contributed by atoms with Crippen LogP contribution < -0.4 is 5.73 Å². The fourth-order valence-electron chi connectivity index (χ4n) is 1.95. The number of nitrogens with two attached hydrogens (primary N) is 1. The van der Waals surface area contributed by atoms with Gasteiger partial charge < -0.3 is 10.7 Å². The Kier molecular flexibility index (Phi) is 5.25. The fraction of sp³-hybridized carbons (Fsp3) is 0.357. The third kappa shape index (κ3) is 3.72. The maximum atomic E-state index is 6.19. The van der Waals surface area contributed by atoms with E-state index in [4.69, 9.17) is 28.9 Å². The summed E-state index contributed by atoms with van der Waals surface area (Å²) in [6, 6.07) is 5.59. The summed E-state index contributed by atoms with van der Waals surface area (Å²) in [6.45, 7) is 0.752. The molecular weight excluding hydrogens is 281 g/mol. The van der Waals surface area contributed by atoms with Gasteiger partial charge in [0, 0.05) is 12.0 Å². The second-order valence-electron chi connectivity index (χ2n) is 4.44. The Morgan fingerprint density at radius 2 is 2.00 bits per heavy atom. The zero-order chi connectivity index (χ0) is 13.7. The zero-order valence-corrected chi connectivity index (χ0v) is 12.1. The third-order valence-electron chi connectivity index (χ3n) is 2.99. The molecule has 1 aromatic heterocycles. The molecule has 3 nitrogen and oxygen atoms in total. The Labute approximate surface area is 123 Å². The number of aromatic amines is 1. The van der Waals surface area contributed by atoms with Crippen LogP contribution in [0.2, 0.25) is 10.0 Å². The first-order valence-corrected chi connectivity index (χ1v) is 7.16. The predicted molar refractivity (Wildman–Crippen MR) is 80.7 cm³/mol. The van der Waals surface area contributed by atoms with E-state index < -0.39 is 0 Å². The van der Waals surface area contributed by atoms with E-state index >= 15 is 0 Å². The van der Waals surface area contributed by atoms with E-state index in [1.165, 1.54) is 0 Å². The average molecular weight is 298 g/mol. The molecule has 3 N–H and O–H groups in total. The predicted octanol–water partition coefficient (Wildman–Crippen LogP) is 4.06. The van der Waals surface area contributed by atoms with Crippen molar-refractivity contribution in [2.75, 3.05) is 6.54 Å². The number of imidazole rings is 1. The minimum Gasteiger partial charge on any atom is -0.342 e. The van der Waals surface area contributed by atoms with Gasteiger partial charge in [-0.3, -0.25) is 0 Å². The maximum absolute atomic E-state index is 6.19. The van der Waals surface area contributed by atoms with Crippen LogP contribution in [0.3, 0.4) is 0 Å². The fourth-order valence-corrected chi connectivity index (χ4v) is 2.35. The summed E-state index contributed by atoms with van der Waals surface area (Å²) < 4.78 is 0. The van der Waals surface area contributed by atoms with Crippen molar-refractivity contribution in [2.45, 2.75) is 25.7 Å². The minimum absolute atomic E-state index is 0.554. The topological polar surface area (TPSA) is 54.7 Å². The van der Waals surface area contributed by atoms with E-state index in [2.05, 4.69) is 9.97 Å². The van der Waals surface area contributed by atoms with Crippen LogP contribution in [0.15, 0.2) is 24.4 Å². The van der Waals surface area contributed by atoms with Gasteiger partial charge in [0.1, 0.15) is 5.82 Å². The number of hydrogen-bond donors (Lipinski definition) is 2. The van der Waals surface area contributed by atoms with Crippen molar-refractivity contribution in [1.29, 1.82) is 0 Å². The highest BCUT2D eigenvalue weighted by Gasteiger charge is 2.09. The van der Waals surface area contributed by atoms with Gasteiger partial charge in [0.15, 0.2) is 0 Å². The summed E-state index contributed by atoms with van der Waals surface area (Å²) in [5.41, 5.74) is 7.26. The number of aryl methyl sites for hydroxylation is 1. The molecule has 0 amide bonds. The molecule has 0 saturated heterocycles. The summed E-state index contributed by atoms with van der Waals surface area (Å²) in [7, 11) is 0. The van der Waals surface area contributed by atoms with Crippen molar-refractivity contribution in [3.8, 4) is 11.3 Å². The van der Waals surface area contributed by atoms with E-state index in [9.17, 15) is 0 Å². The first-order valence-electron chi connectivity index (χ1n) is 6.40. The molecule has 0 aliphatic heterocycles. The van der Waals surface area contributed by atoms with Crippen LogP contribution in [0.5, 0.6) is 0 Å². The summed E-state index contributed by atoms with van der Waals surface area (Å²) in [5, 5.41) is 1.11. The molecule has 0 radical (unpaired) electrons. The van der Waals surface area contributed by atoms with Crippen LogP contribution in [0.1, 0.15) is 25.1 Å². The van der Waals surface area contributed by atoms with E-state index in [-0.39, 0.29) is 0 Å². The monoisotopic (exact) mass is 297 g/mol. The van der Waals surface area contributed by atoms with Gasteiger partial charge in [-0.15, -0.1) is 0 Å². The first-order chi connectivity index (χ1) is 9.22. The molecule has 0 aliphatic carbocycles. The Bertz CT molecular complexity index is 537. The van der Waals surface area contributed by atoms with Crippen molar-refractivity contribution in [2.24, 2.45) is 5.73 Å². The van der Waals surface area contributed by atoms with Gasteiger partial charge >= 0.3 is 0 Å². The van der Waals surface area contributed by atoms with Gasteiger partial charge in [-0.25, -0.2) is 4.98 Å². The van der Waals surface area contributed by atoms with Gasteiger partial charge in [-0.2, -0.15) is 0 Å². The number of hydrogen-bond acceptors (Lipinski definition) is 2. The normalized spacial score (nSPS) is 10.9. The standard InChI is InChI=1S/C14H17Cl2N3/c15-11-6-4-5-10(14(11)16)12-9-18-13(19-12)7-2-1-3-8-17/h4-6,9H,1-3,7-8,17H2,(H,18,19). The van der Waals surface area contributed by atoms with Crippen LogP contribution in [-0.2, 0) is 6.42 Å². The number of unbranched alkanes of at least 4 members (excludes halogenated alkanes) is 2. The molecule has 1 aromatic carbocycles. The molecule has 5 heteroatoms. The summed E-state index contributed by atoms with van der Waals surface area (Å²) >= 11 is 12.2. The SMILES string of the molecule is NCCCCCc1ncc(-c2cccc(Cl)c2Cl)[nH]1. The van der Waals surface area contributed by atoms with Gasteiger partial charge in [-0.05, 0) is 25.5 Å². The molecule has 0 bridgehead atoms. The smallest absolute Gasteiger partial charge is 0.106 e. The highest BCUT2D eigenvalue weighted by Crippen LogP contribution is 2.32. The van der Waals surface area contributed by atoms with Crippen molar-refractivity contribution in [3.63, 3.8) is 0 Å². The Morgan fingerprint density at radius 3 is 2.79 bits per heavy atom. The second kappa shape index (κ2) is 6.94. The Balaban J connectivity index is 2.06. The zero-order valence-electron chi connectivity index (χ0n) is 10.6. The molecule has 0 saturated carbocycles. The minimum atomic E-state index is 0.554. The lowest BCUT2D eigenvalue weighted by Crippen LogP contribution is -1.98. The first kappa shape index (κ1) is 14.4. The van der Waals surface area contributed by atoms with Crippen LogP contribution in [0, 0.1) is 0 Å². The van der Waals surface area contributed by atoms with Crippen LogP contribution >= 0.6 is 23.2 Å². The number of rotatable bonds is 6.